The fourth-order valence-corrected chi connectivity index (χ4v) is 3.46. The van der Waals surface area contributed by atoms with Gasteiger partial charge in [0, 0.05) is 11.0 Å². The summed E-state index contributed by atoms with van der Waals surface area (Å²) in [4.78, 5) is 14.1. The quantitative estimate of drug-likeness (QED) is 0.435. The van der Waals surface area contributed by atoms with Gasteiger partial charge in [0.2, 0.25) is 0 Å². The van der Waals surface area contributed by atoms with Crippen LogP contribution in [0.5, 0.6) is 11.5 Å². The lowest BCUT2D eigenvalue weighted by molar-refractivity contribution is -0.122. The minimum Gasteiger partial charge on any atom is -0.490 e. The molecule has 0 aromatic heterocycles. The molecule has 0 unspecified atom stereocenters. The molecule has 1 heterocycles. The van der Waals surface area contributed by atoms with Crippen molar-refractivity contribution in [3.05, 3.63) is 63.8 Å². The minimum atomic E-state index is -0.106. The maximum absolute atomic E-state index is 12.5. The lowest BCUT2D eigenvalue weighted by Crippen LogP contribution is -2.31. The fraction of sp³-hybridized carbons (Fsp3) is 0.273. The Balaban J connectivity index is 1.77. The van der Waals surface area contributed by atoms with Crippen molar-refractivity contribution >= 4 is 45.2 Å². The molecule has 3 rings (SSSR count). The Morgan fingerprint density at radius 1 is 1.10 bits per heavy atom. The number of benzene rings is 2. The molecule has 0 bridgehead atoms. The third kappa shape index (κ3) is 5.36. The molecule has 1 amide bonds. The van der Waals surface area contributed by atoms with E-state index in [1.165, 1.54) is 0 Å². The van der Waals surface area contributed by atoms with Crippen molar-refractivity contribution in [1.82, 2.24) is 10.2 Å². The van der Waals surface area contributed by atoms with Crippen LogP contribution in [0.1, 0.15) is 31.4 Å². The van der Waals surface area contributed by atoms with Crippen LogP contribution in [-0.4, -0.2) is 29.1 Å². The van der Waals surface area contributed by atoms with Crippen LogP contribution in [0.15, 0.2) is 52.6 Å². The Kier molecular flexibility index (Phi) is 7.28. The predicted octanol–water partition coefficient (Wildman–Crippen LogP) is 4.89. The number of thiocarbonyl (C=S) groups is 1. The van der Waals surface area contributed by atoms with Crippen LogP contribution in [0.4, 0.5) is 0 Å². The van der Waals surface area contributed by atoms with Crippen molar-refractivity contribution in [2.45, 2.75) is 26.9 Å². The molecular formula is C22H23BrN2O3S. The molecule has 0 aliphatic carbocycles. The number of nitrogens with zero attached hydrogens (tertiary/aromatic N) is 1. The Morgan fingerprint density at radius 3 is 2.55 bits per heavy atom. The first kappa shape index (κ1) is 21.3. The predicted molar refractivity (Wildman–Crippen MR) is 122 cm³/mol. The van der Waals surface area contributed by atoms with Gasteiger partial charge in [-0.2, -0.15) is 0 Å². The van der Waals surface area contributed by atoms with E-state index >= 15 is 0 Å². The summed E-state index contributed by atoms with van der Waals surface area (Å²) in [5.41, 5.74) is 2.36. The topological polar surface area (TPSA) is 50.8 Å². The van der Waals surface area contributed by atoms with Gasteiger partial charge >= 0.3 is 0 Å². The molecule has 0 saturated carbocycles. The van der Waals surface area contributed by atoms with E-state index in [9.17, 15) is 4.79 Å². The summed E-state index contributed by atoms with van der Waals surface area (Å²) >= 11 is 8.69. The van der Waals surface area contributed by atoms with E-state index in [4.69, 9.17) is 21.7 Å². The van der Waals surface area contributed by atoms with Gasteiger partial charge in [0.1, 0.15) is 12.3 Å². The van der Waals surface area contributed by atoms with Crippen LogP contribution in [0, 0.1) is 0 Å². The molecule has 1 fully saturated rings. The first-order valence-corrected chi connectivity index (χ1v) is 10.7. The van der Waals surface area contributed by atoms with Gasteiger partial charge in [-0.05, 0) is 67.0 Å². The molecule has 2 aromatic rings. The van der Waals surface area contributed by atoms with Crippen molar-refractivity contribution < 1.29 is 14.3 Å². The Hall–Kier alpha value is -2.38. The number of nitrogens with one attached hydrogen (secondary N) is 1. The van der Waals surface area contributed by atoms with Crippen LogP contribution in [0.25, 0.3) is 6.08 Å². The smallest absolute Gasteiger partial charge is 0.276 e. The van der Waals surface area contributed by atoms with Crippen molar-refractivity contribution in [2.24, 2.45) is 0 Å². The van der Waals surface area contributed by atoms with E-state index in [1.807, 2.05) is 56.3 Å². The molecule has 0 radical (unpaired) electrons. The number of hydrogen-bond acceptors (Lipinski definition) is 4. The Bertz CT molecular complexity index is 928. The van der Waals surface area contributed by atoms with E-state index in [0.717, 1.165) is 22.0 Å². The summed E-state index contributed by atoms with van der Waals surface area (Å²) in [6.45, 7) is 5.50. The summed E-state index contributed by atoms with van der Waals surface area (Å²) in [6, 6.07) is 13.6. The van der Waals surface area contributed by atoms with Crippen molar-refractivity contribution in [3.63, 3.8) is 0 Å². The summed E-state index contributed by atoms with van der Waals surface area (Å²) in [5.74, 6) is 1.19. The molecule has 7 heteroatoms. The molecular weight excluding hydrogens is 452 g/mol. The lowest BCUT2D eigenvalue weighted by atomic mass is 10.1. The van der Waals surface area contributed by atoms with Gasteiger partial charge in [-0.25, -0.2) is 0 Å². The normalized spacial score (nSPS) is 15.0. The van der Waals surface area contributed by atoms with Gasteiger partial charge < -0.3 is 14.8 Å². The fourth-order valence-electron chi connectivity index (χ4n) is 2.91. The Labute approximate surface area is 184 Å². The number of carbonyl (C=O) groups is 1. The highest BCUT2D eigenvalue weighted by Crippen LogP contribution is 2.30. The molecule has 0 spiro atoms. The highest BCUT2D eigenvalue weighted by Gasteiger charge is 2.29. The largest absolute Gasteiger partial charge is 0.490 e. The molecule has 29 heavy (non-hydrogen) atoms. The van der Waals surface area contributed by atoms with Gasteiger partial charge in [-0.15, -0.1) is 0 Å². The number of amides is 1. The zero-order chi connectivity index (χ0) is 20.8. The molecule has 5 nitrogen and oxygen atoms in total. The van der Waals surface area contributed by atoms with Gasteiger partial charge in [-0.3, -0.25) is 9.69 Å². The molecule has 1 N–H and O–H groups in total. The minimum absolute atomic E-state index is 0.106. The summed E-state index contributed by atoms with van der Waals surface area (Å²) in [7, 11) is 0. The van der Waals surface area contributed by atoms with Gasteiger partial charge in [0.05, 0.1) is 6.61 Å². The second-order valence-electron chi connectivity index (χ2n) is 6.50. The highest BCUT2D eigenvalue weighted by molar-refractivity contribution is 9.10. The SMILES string of the molecule is CCCN1C(=O)C(=Cc2ccc(OCc3ccc(Br)cc3)c(OCC)c2)NC1=S. The average molecular weight is 475 g/mol. The average Bonchev–Trinajstić information content (AvgIpc) is 2.97. The number of ether oxygens (including phenoxy) is 2. The molecule has 152 valence electrons. The van der Waals surface area contributed by atoms with Crippen LogP contribution < -0.4 is 14.8 Å². The highest BCUT2D eigenvalue weighted by atomic mass is 79.9. The van der Waals surface area contributed by atoms with Crippen LogP contribution >= 0.6 is 28.1 Å². The number of hydrogen-bond donors (Lipinski definition) is 1. The van der Waals surface area contributed by atoms with Crippen LogP contribution in [-0.2, 0) is 11.4 Å². The lowest BCUT2D eigenvalue weighted by Gasteiger charge is -2.13. The van der Waals surface area contributed by atoms with Crippen molar-refractivity contribution in [1.29, 1.82) is 0 Å². The van der Waals surface area contributed by atoms with Gasteiger partial charge in [0.15, 0.2) is 16.6 Å². The number of halogens is 1. The monoisotopic (exact) mass is 474 g/mol. The second kappa shape index (κ2) is 9.89. The second-order valence-corrected chi connectivity index (χ2v) is 7.80. The zero-order valence-electron chi connectivity index (χ0n) is 16.4. The molecule has 1 aliphatic heterocycles. The first-order chi connectivity index (χ1) is 14.0. The first-order valence-electron chi connectivity index (χ1n) is 9.50. The zero-order valence-corrected chi connectivity index (χ0v) is 18.8. The molecule has 0 atom stereocenters. The molecule has 1 aliphatic rings. The summed E-state index contributed by atoms with van der Waals surface area (Å²) in [5, 5.41) is 3.44. The standard InChI is InChI=1S/C22H23BrN2O3S/c1-3-11-25-21(26)18(24-22(25)29)12-16-7-10-19(20(13-16)27-4-2)28-14-15-5-8-17(23)9-6-15/h5-10,12-13H,3-4,11,14H2,1-2H3,(H,24,29). The van der Waals surface area contributed by atoms with E-state index in [-0.39, 0.29) is 5.91 Å². The van der Waals surface area contributed by atoms with Crippen LogP contribution in [0.2, 0.25) is 0 Å². The van der Waals surface area contributed by atoms with E-state index < -0.39 is 0 Å². The maximum Gasteiger partial charge on any atom is 0.276 e. The molecule has 2 aromatic carbocycles. The molecule has 1 saturated heterocycles. The number of rotatable bonds is 8. The van der Waals surface area contributed by atoms with Crippen LogP contribution in [0.3, 0.4) is 0 Å². The maximum atomic E-state index is 12.5. The summed E-state index contributed by atoms with van der Waals surface area (Å²) in [6.07, 6.45) is 2.63. The van der Waals surface area contributed by atoms with Gasteiger partial charge in [0.25, 0.3) is 5.91 Å². The van der Waals surface area contributed by atoms with Crippen molar-refractivity contribution in [3.8, 4) is 11.5 Å². The Morgan fingerprint density at radius 2 is 1.86 bits per heavy atom. The third-order valence-electron chi connectivity index (χ3n) is 4.30. The van der Waals surface area contributed by atoms with E-state index in [2.05, 4.69) is 21.2 Å². The van der Waals surface area contributed by atoms with Gasteiger partial charge in [-0.1, -0.05) is 41.1 Å². The number of carbonyl (C=O) groups excluding carboxylic acids is 1. The summed E-state index contributed by atoms with van der Waals surface area (Å²) < 4.78 is 12.7. The van der Waals surface area contributed by atoms with E-state index in [1.54, 1.807) is 11.0 Å². The van der Waals surface area contributed by atoms with Crippen molar-refractivity contribution in [2.75, 3.05) is 13.2 Å². The van der Waals surface area contributed by atoms with E-state index in [0.29, 0.717) is 42.1 Å². The third-order valence-corrected chi connectivity index (χ3v) is 5.15.